The van der Waals surface area contributed by atoms with Crippen LogP contribution in [0.2, 0.25) is 0 Å². The molecule has 5 nitrogen and oxygen atoms in total. The van der Waals surface area contributed by atoms with Gasteiger partial charge in [0, 0.05) is 18.9 Å². The predicted octanol–water partition coefficient (Wildman–Crippen LogP) is 4.22. The number of amides is 1. The van der Waals surface area contributed by atoms with Crippen molar-refractivity contribution in [3.63, 3.8) is 0 Å². The number of hydrogen-bond donors (Lipinski definition) is 1. The molecule has 2 aliphatic rings. The Kier molecular flexibility index (Phi) is 5.01. The van der Waals surface area contributed by atoms with Gasteiger partial charge in [0.2, 0.25) is 0 Å². The zero-order valence-electron chi connectivity index (χ0n) is 16.7. The van der Waals surface area contributed by atoms with Crippen molar-refractivity contribution in [1.29, 1.82) is 0 Å². The van der Waals surface area contributed by atoms with Crippen LogP contribution in [0.25, 0.3) is 0 Å². The summed E-state index contributed by atoms with van der Waals surface area (Å²) in [6, 6.07) is 0. The van der Waals surface area contributed by atoms with Crippen molar-refractivity contribution in [2.75, 3.05) is 6.54 Å². The molecule has 0 aromatic heterocycles. The van der Waals surface area contributed by atoms with E-state index in [1.54, 1.807) is 0 Å². The molecule has 0 spiro atoms. The summed E-state index contributed by atoms with van der Waals surface area (Å²) in [6.45, 7) is 13.7. The van der Waals surface area contributed by atoms with Crippen molar-refractivity contribution in [1.82, 2.24) is 5.32 Å². The maximum absolute atomic E-state index is 12.1. The summed E-state index contributed by atoms with van der Waals surface area (Å²) in [5, 5.41) is 2.96. The number of esters is 1. The van der Waals surface area contributed by atoms with Crippen LogP contribution in [0, 0.1) is 16.7 Å². The fourth-order valence-corrected chi connectivity index (χ4v) is 4.71. The summed E-state index contributed by atoms with van der Waals surface area (Å²) in [7, 11) is 0. The second kappa shape index (κ2) is 6.33. The first-order chi connectivity index (χ1) is 11.3. The second-order valence-electron chi connectivity index (χ2n) is 9.49. The first-order valence-corrected chi connectivity index (χ1v) is 9.13. The molecule has 2 rings (SSSR count). The topological polar surface area (TPSA) is 64.6 Å². The molecule has 5 heteroatoms. The largest absolute Gasteiger partial charge is 0.460 e. The molecule has 0 aliphatic heterocycles. The molecule has 1 fully saturated rings. The molecular formula is C20H33NO4. The van der Waals surface area contributed by atoms with E-state index in [2.05, 4.69) is 24.4 Å². The quantitative estimate of drug-likeness (QED) is 0.595. The van der Waals surface area contributed by atoms with Gasteiger partial charge < -0.3 is 14.8 Å². The van der Waals surface area contributed by atoms with Crippen LogP contribution in [0.5, 0.6) is 0 Å². The molecule has 142 valence electrons. The van der Waals surface area contributed by atoms with Gasteiger partial charge in [-0.2, -0.15) is 0 Å². The van der Waals surface area contributed by atoms with E-state index < -0.39 is 17.3 Å². The fraction of sp³-hybridized carbons (Fsp3) is 0.800. The Morgan fingerprint density at radius 2 is 1.84 bits per heavy atom. The Hall–Kier alpha value is -1.52. The number of hydrogen-bond acceptors (Lipinski definition) is 4. The smallest absolute Gasteiger partial charge is 0.407 e. The molecule has 1 saturated carbocycles. The molecule has 0 unspecified atom stereocenters. The van der Waals surface area contributed by atoms with Crippen LogP contribution in [0.3, 0.4) is 0 Å². The number of nitrogens with one attached hydrogen (secondary N) is 1. The average Bonchev–Trinajstić information content (AvgIpc) is 2.69. The van der Waals surface area contributed by atoms with Gasteiger partial charge in [-0.25, -0.2) is 4.79 Å². The fourth-order valence-electron chi connectivity index (χ4n) is 4.71. The van der Waals surface area contributed by atoms with Crippen LogP contribution in [0.1, 0.15) is 67.7 Å². The van der Waals surface area contributed by atoms with Gasteiger partial charge >= 0.3 is 12.1 Å². The van der Waals surface area contributed by atoms with E-state index in [0.29, 0.717) is 18.9 Å². The van der Waals surface area contributed by atoms with Crippen molar-refractivity contribution in [3.05, 3.63) is 12.2 Å². The van der Waals surface area contributed by atoms with Crippen LogP contribution < -0.4 is 5.32 Å². The molecule has 0 saturated heterocycles. The van der Waals surface area contributed by atoms with E-state index in [0.717, 1.165) is 12.8 Å². The monoisotopic (exact) mass is 351 g/mol. The van der Waals surface area contributed by atoms with E-state index in [4.69, 9.17) is 9.47 Å². The zero-order chi connectivity index (χ0) is 19.1. The van der Waals surface area contributed by atoms with E-state index in [9.17, 15) is 9.59 Å². The van der Waals surface area contributed by atoms with Crippen LogP contribution in [-0.4, -0.2) is 29.8 Å². The summed E-state index contributed by atoms with van der Waals surface area (Å²) in [6.07, 6.45) is 6.91. The highest BCUT2D eigenvalue weighted by Gasteiger charge is 2.63. The molecular weight excluding hydrogens is 318 g/mol. The second-order valence-corrected chi connectivity index (χ2v) is 9.49. The number of alkyl carbamates (subject to hydrolysis) is 1. The number of allylic oxidation sites excluding steroid dienone is 2. The third-order valence-corrected chi connectivity index (χ3v) is 5.67. The lowest BCUT2D eigenvalue weighted by atomic mass is 9.43. The number of carbonyl (C=O) groups excluding carboxylic acids is 2. The summed E-state index contributed by atoms with van der Waals surface area (Å²) in [5.41, 5.74) is -1.22. The average molecular weight is 351 g/mol. The molecule has 2 aliphatic carbocycles. The summed E-state index contributed by atoms with van der Waals surface area (Å²) < 4.78 is 10.9. The van der Waals surface area contributed by atoms with E-state index >= 15 is 0 Å². The van der Waals surface area contributed by atoms with Crippen molar-refractivity contribution < 1.29 is 19.1 Å². The van der Waals surface area contributed by atoms with Gasteiger partial charge in [0.05, 0.1) is 0 Å². The van der Waals surface area contributed by atoms with E-state index in [1.165, 1.54) is 6.92 Å². The molecule has 0 heterocycles. The Bertz CT molecular complexity index is 575. The number of rotatable bonds is 5. The lowest BCUT2D eigenvalue weighted by molar-refractivity contribution is -0.170. The normalized spacial score (nSPS) is 31.1. The molecule has 0 radical (unpaired) electrons. The van der Waals surface area contributed by atoms with Gasteiger partial charge in [-0.3, -0.25) is 4.79 Å². The SMILES string of the molecule is CC(=O)OC(C)(C)C[C@@]1(CNC(=O)OC(C)(C)C)C[C@@H]2CC=C[C@@]21C. The van der Waals surface area contributed by atoms with Gasteiger partial charge in [0.25, 0.3) is 0 Å². The summed E-state index contributed by atoms with van der Waals surface area (Å²) in [5.74, 6) is 0.323. The molecule has 0 bridgehead atoms. The molecule has 0 aromatic carbocycles. The Morgan fingerprint density at radius 1 is 1.20 bits per heavy atom. The highest BCUT2D eigenvalue weighted by molar-refractivity contribution is 5.68. The zero-order valence-corrected chi connectivity index (χ0v) is 16.7. The van der Waals surface area contributed by atoms with E-state index in [-0.39, 0.29) is 16.8 Å². The van der Waals surface area contributed by atoms with Gasteiger partial charge in [0.1, 0.15) is 11.2 Å². The van der Waals surface area contributed by atoms with Crippen molar-refractivity contribution in [3.8, 4) is 0 Å². The minimum Gasteiger partial charge on any atom is -0.460 e. The third-order valence-electron chi connectivity index (χ3n) is 5.67. The van der Waals surface area contributed by atoms with Gasteiger partial charge in [-0.1, -0.05) is 19.1 Å². The highest BCUT2D eigenvalue weighted by Crippen LogP contribution is 2.67. The molecule has 3 atom stereocenters. The highest BCUT2D eigenvalue weighted by atomic mass is 16.6. The van der Waals surface area contributed by atoms with E-state index in [1.807, 2.05) is 34.6 Å². The number of fused-ring (bicyclic) bond motifs is 1. The van der Waals surface area contributed by atoms with Gasteiger partial charge in [0.15, 0.2) is 0 Å². The maximum Gasteiger partial charge on any atom is 0.407 e. The van der Waals surface area contributed by atoms with Crippen LogP contribution in [-0.2, 0) is 14.3 Å². The van der Waals surface area contributed by atoms with Gasteiger partial charge in [-0.05, 0) is 65.2 Å². The Balaban J connectivity index is 2.14. The Labute approximate surface area is 151 Å². The Morgan fingerprint density at radius 3 is 2.36 bits per heavy atom. The van der Waals surface area contributed by atoms with Crippen molar-refractivity contribution in [2.45, 2.75) is 78.9 Å². The maximum atomic E-state index is 12.1. The summed E-state index contributed by atoms with van der Waals surface area (Å²) >= 11 is 0. The van der Waals surface area contributed by atoms with Crippen molar-refractivity contribution >= 4 is 12.1 Å². The van der Waals surface area contributed by atoms with Gasteiger partial charge in [-0.15, -0.1) is 0 Å². The minimum absolute atomic E-state index is 0.0133. The lowest BCUT2D eigenvalue weighted by Crippen LogP contribution is -2.61. The molecule has 0 aromatic rings. The number of carbonyl (C=O) groups is 2. The molecule has 1 amide bonds. The minimum atomic E-state index is -0.578. The van der Waals surface area contributed by atoms with Crippen LogP contribution in [0.15, 0.2) is 12.2 Å². The predicted molar refractivity (Wildman–Crippen MR) is 97.1 cm³/mol. The lowest BCUT2D eigenvalue weighted by Gasteiger charge is -2.62. The summed E-state index contributed by atoms with van der Waals surface area (Å²) in [4.78, 5) is 23.6. The van der Waals surface area contributed by atoms with Crippen LogP contribution >= 0.6 is 0 Å². The third kappa shape index (κ3) is 4.18. The first-order valence-electron chi connectivity index (χ1n) is 9.13. The van der Waals surface area contributed by atoms with Crippen molar-refractivity contribution in [2.24, 2.45) is 16.7 Å². The first kappa shape index (κ1) is 19.8. The van der Waals surface area contributed by atoms with Crippen LogP contribution in [0.4, 0.5) is 4.79 Å². The standard InChI is InChI=1S/C20H33NO4/c1-14(22)24-18(5,6)12-20(11-15-9-8-10-19(15,20)7)13-21-16(23)25-17(2,3)4/h8,10,15H,9,11-13H2,1-7H3,(H,21,23)/t15-,19-,20+/m0/s1. The molecule has 25 heavy (non-hydrogen) atoms. The molecule has 1 N–H and O–H groups in total. The number of ether oxygens (including phenoxy) is 2.